The van der Waals surface area contributed by atoms with Crippen LogP contribution in [0.4, 0.5) is 0 Å². The second-order valence-electron chi connectivity index (χ2n) is 19.1. The molecule has 1 unspecified atom stereocenters. The van der Waals surface area contributed by atoms with Crippen LogP contribution >= 0.6 is 0 Å². The van der Waals surface area contributed by atoms with Crippen LogP contribution in [0.5, 0.6) is 0 Å². The fourth-order valence-corrected chi connectivity index (χ4v) is 8.01. The van der Waals surface area contributed by atoms with Crippen molar-refractivity contribution in [1.82, 2.24) is 0 Å². The Labute approximate surface area is 432 Å². The normalized spacial score (nSPS) is 12.8. The van der Waals surface area contributed by atoms with E-state index in [-0.39, 0.29) is 31.1 Å². The van der Waals surface area contributed by atoms with Gasteiger partial charge >= 0.3 is 17.9 Å². The molecule has 0 saturated carbocycles. The van der Waals surface area contributed by atoms with Gasteiger partial charge in [-0.2, -0.15) is 0 Å². The van der Waals surface area contributed by atoms with E-state index in [1.54, 1.807) is 0 Å². The van der Waals surface area contributed by atoms with Crippen molar-refractivity contribution in [2.45, 2.75) is 277 Å². The van der Waals surface area contributed by atoms with E-state index < -0.39 is 6.10 Å². The number of hydrogen-bond acceptors (Lipinski definition) is 6. The number of carbonyl (C=O) groups excluding carboxylic acids is 3. The summed E-state index contributed by atoms with van der Waals surface area (Å²) in [6.07, 6.45) is 76.9. The topological polar surface area (TPSA) is 78.9 Å². The van der Waals surface area contributed by atoms with Gasteiger partial charge in [-0.25, -0.2) is 0 Å². The molecule has 1 atom stereocenters. The van der Waals surface area contributed by atoms with E-state index in [0.717, 1.165) is 122 Å². The van der Waals surface area contributed by atoms with Crippen LogP contribution in [0, 0.1) is 0 Å². The molecule has 0 bridgehead atoms. The zero-order chi connectivity index (χ0) is 50.7. The standard InChI is InChI=1S/C64H108O6/c1-4-7-10-13-16-19-22-25-28-30-31-32-34-36-39-42-45-48-51-54-57-63(66)69-60-61(59-68-62(65)56-53-50-47-44-41-38-35-27-24-21-18-15-12-9-6-3)70-64(67)58-55-52-49-46-43-40-37-33-29-26-23-20-17-14-11-8-5-2/h8-9,11-12,17-18,20-21,26-27,29,35,37,40-41,44,61H,4-7,10,13-16,19,22-25,28,30-34,36,38-39,42-43,45-60H2,1-3H3/b11-8-,12-9-,20-17-,21-18-,29-26-,35-27-,40-37-,44-41-. The number of esters is 3. The molecule has 0 aliphatic rings. The van der Waals surface area contributed by atoms with Crippen LogP contribution in [-0.2, 0) is 28.6 Å². The van der Waals surface area contributed by atoms with Gasteiger partial charge in [-0.15, -0.1) is 0 Å². The van der Waals surface area contributed by atoms with Crippen LogP contribution in [0.25, 0.3) is 0 Å². The maximum Gasteiger partial charge on any atom is 0.306 e. The van der Waals surface area contributed by atoms with Gasteiger partial charge in [0.15, 0.2) is 6.10 Å². The molecule has 0 rings (SSSR count). The first kappa shape index (κ1) is 66.3. The first-order valence-corrected chi connectivity index (χ1v) is 29.2. The first-order chi connectivity index (χ1) is 34.5. The molecule has 0 amide bonds. The molecular formula is C64H108O6. The van der Waals surface area contributed by atoms with Gasteiger partial charge in [-0.05, 0) is 96.3 Å². The van der Waals surface area contributed by atoms with Crippen LogP contribution in [0.15, 0.2) is 97.2 Å². The second-order valence-corrected chi connectivity index (χ2v) is 19.1. The summed E-state index contributed by atoms with van der Waals surface area (Å²) in [4.78, 5) is 38.2. The Morgan fingerprint density at radius 3 is 0.900 bits per heavy atom. The fourth-order valence-electron chi connectivity index (χ4n) is 8.01. The minimum atomic E-state index is -0.808. The quantitative estimate of drug-likeness (QED) is 0.0262. The van der Waals surface area contributed by atoms with Gasteiger partial charge in [-0.1, -0.05) is 253 Å². The molecule has 0 aromatic heterocycles. The van der Waals surface area contributed by atoms with Gasteiger partial charge in [0.05, 0.1) is 0 Å². The summed E-state index contributed by atoms with van der Waals surface area (Å²) in [5, 5.41) is 0. The molecule has 0 fully saturated rings. The van der Waals surface area contributed by atoms with Crippen LogP contribution in [0.3, 0.4) is 0 Å². The molecule has 6 nitrogen and oxygen atoms in total. The molecule has 0 saturated heterocycles. The number of ether oxygens (including phenoxy) is 3. The minimum Gasteiger partial charge on any atom is -0.462 e. The zero-order valence-electron chi connectivity index (χ0n) is 45.8. The van der Waals surface area contributed by atoms with Crippen LogP contribution < -0.4 is 0 Å². The van der Waals surface area contributed by atoms with Gasteiger partial charge < -0.3 is 14.2 Å². The summed E-state index contributed by atoms with van der Waals surface area (Å²) in [7, 11) is 0. The predicted molar refractivity (Wildman–Crippen MR) is 302 cm³/mol. The van der Waals surface area contributed by atoms with E-state index in [2.05, 4.69) is 118 Å². The van der Waals surface area contributed by atoms with Crippen molar-refractivity contribution in [3.05, 3.63) is 97.2 Å². The largest absolute Gasteiger partial charge is 0.462 e. The highest BCUT2D eigenvalue weighted by molar-refractivity contribution is 5.71. The molecule has 0 N–H and O–H groups in total. The van der Waals surface area contributed by atoms with E-state index in [1.165, 1.54) is 109 Å². The van der Waals surface area contributed by atoms with Crippen molar-refractivity contribution in [1.29, 1.82) is 0 Å². The van der Waals surface area contributed by atoms with Gasteiger partial charge in [-0.3, -0.25) is 14.4 Å². The average molecular weight is 974 g/mol. The van der Waals surface area contributed by atoms with Crippen molar-refractivity contribution in [3.8, 4) is 0 Å². The zero-order valence-corrected chi connectivity index (χ0v) is 45.8. The molecule has 0 aromatic carbocycles. The third-order valence-electron chi connectivity index (χ3n) is 12.3. The molecule has 0 aliphatic carbocycles. The van der Waals surface area contributed by atoms with E-state index in [4.69, 9.17) is 14.2 Å². The highest BCUT2D eigenvalue weighted by Gasteiger charge is 2.19. The molecule has 400 valence electrons. The van der Waals surface area contributed by atoms with Gasteiger partial charge in [0.25, 0.3) is 0 Å². The molecule has 0 spiro atoms. The predicted octanol–water partition coefficient (Wildman–Crippen LogP) is 19.7. The Kier molecular flexibility index (Phi) is 54.9. The summed E-state index contributed by atoms with van der Waals surface area (Å²) in [5.41, 5.74) is 0. The fraction of sp³-hybridized carbons (Fsp3) is 0.703. The average Bonchev–Trinajstić information content (AvgIpc) is 3.36. The number of unbranched alkanes of at least 4 members (excludes halogenated alkanes) is 25. The first-order valence-electron chi connectivity index (χ1n) is 29.2. The molecule has 0 radical (unpaired) electrons. The van der Waals surface area contributed by atoms with Crippen molar-refractivity contribution >= 4 is 17.9 Å². The van der Waals surface area contributed by atoms with Gasteiger partial charge in [0.2, 0.25) is 0 Å². The monoisotopic (exact) mass is 973 g/mol. The Morgan fingerprint density at radius 2 is 0.557 bits per heavy atom. The summed E-state index contributed by atoms with van der Waals surface area (Å²) < 4.78 is 16.8. The smallest absolute Gasteiger partial charge is 0.306 e. The highest BCUT2D eigenvalue weighted by Crippen LogP contribution is 2.16. The van der Waals surface area contributed by atoms with Crippen molar-refractivity contribution in [3.63, 3.8) is 0 Å². The van der Waals surface area contributed by atoms with Crippen LogP contribution in [0.2, 0.25) is 0 Å². The maximum atomic E-state index is 12.9. The molecular weight excluding hydrogens is 865 g/mol. The van der Waals surface area contributed by atoms with Crippen molar-refractivity contribution in [2.75, 3.05) is 13.2 Å². The summed E-state index contributed by atoms with van der Waals surface area (Å²) in [6, 6.07) is 0. The van der Waals surface area contributed by atoms with E-state index in [9.17, 15) is 14.4 Å². The lowest BCUT2D eigenvalue weighted by Crippen LogP contribution is -2.30. The Morgan fingerprint density at radius 1 is 0.300 bits per heavy atom. The lowest BCUT2D eigenvalue weighted by atomic mass is 10.0. The maximum absolute atomic E-state index is 12.9. The van der Waals surface area contributed by atoms with Gasteiger partial charge in [0.1, 0.15) is 13.2 Å². The van der Waals surface area contributed by atoms with Crippen LogP contribution in [-0.4, -0.2) is 37.2 Å². The summed E-state index contributed by atoms with van der Waals surface area (Å²) >= 11 is 0. The second kappa shape index (κ2) is 57.9. The highest BCUT2D eigenvalue weighted by atomic mass is 16.6. The Bertz CT molecular complexity index is 1400. The number of allylic oxidation sites excluding steroid dienone is 16. The van der Waals surface area contributed by atoms with Crippen molar-refractivity contribution in [2.24, 2.45) is 0 Å². The molecule has 0 heterocycles. The summed E-state index contributed by atoms with van der Waals surface area (Å²) in [5.74, 6) is -0.961. The third kappa shape index (κ3) is 55.3. The van der Waals surface area contributed by atoms with E-state index in [0.29, 0.717) is 19.3 Å². The SMILES string of the molecule is CC/C=C\C/C=C\C/C=C\C/C=C\CCCCCCC(=O)OC(COC(=O)CCCC/C=C\C/C=C\C/C=C\C/C=C\CC)COC(=O)CCCCCCCCCCCCCCCCCCCCCC. The van der Waals surface area contributed by atoms with E-state index >= 15 is 0 Å². The minimum absolute atomic E-state index is 0.0995. The Balaban J connectivity index is 4.44. The lowest BCUT2D eigenvalue weighted by Gasteiger charge is -2.18. The van der Waals surface area contributed by atoms with E-state index in [1.807, 2.05) is 0 Å². The molecule has 6 heteroatoms. The number of rotatable bonds is 52. The summed E-state index contributed by atoms with van der Waals surface area (Å²) in [6.45, 7) is 6.38. The molecule has 0 aromatic rings. The van der Waals surface area contributed by atoms with Crippen LogP contribution in [0.1, 0.15) is 271 Å². The number of hydrogen-bond donors (Lipinski definition) is 0. The van der Waals surface area contributed by atoms with Gasteiger partial charge in [0, 0.05) is 19.3 Å². The lowest BCUT2D eigenvalue weighted by molar-refractivity contribution is -0.167. The third-order valence-corrected chi connectivity index (χ3v) is 12.3. The molecule has 70 heavy (non-hydrogen) atoms. The molecule has 0 aliphatic heterocycles. The van der Waals surface area contributed by atoms with Crippen molar-refractivity contribution < 1.29 is 28.6 Å². The number of carbonyl (C=O) groups is 3. The Hall–Kier alpha value is -3.67.